The van der Waals surface area contributed by atoms with Crippen molar-refractivity contribution in [3.05, 3.63) is 42.5 Å². The lowest BCUT2D eigenvalue weighted by molar-refractivity contribution is 0.460. The Hall–Kier alpha value is -1.84. The summed E-state index contributed by atoms with van der Waals surface area (Å²) in [5, 5.41) is 14.7. The molecule has 1 aliphatic heterocycles. The van der Waals surface area contributed by atoms with Gasteiger partial charge in [-0.15, -0.1) is 34.2 Å². The molecule has 0 saturated carbocycles. The molecule has 1 fully saturated rings. The maximum atomic E-state index is 4.40. The number of anilines is 1. The molecule has 0 amide bonds. The summed E-state index contributed by atoms with van der Waals surface area (Å²) in [6.45, 7) is 10.8. The summed E-state index contributed by atoms with van der Waals surface area (Å²) in [5.74, 6) is 0.910. The molecule has 1 saturated heterocycles. The zero-order chi connectivity index (χ0) is 21.4. The third-order valence-electron chi connectivity index (χ3n) is 5.76. The van der Waals surface area contributed by atoms with Crippen molar-refractivity contribution in [2.24, 2.45) is 4.99 Å². The lowest BCUT2D eigenvalue weighted by Crippen LogP contribution is -2.48. The highest BCUT2D eigenvalue weighted by molar-refractivity contribution is 14.0. The van der Waals surface area contributed by atoms with Crippen molar-refractivity contribution < 1.29 is 0 Å². The molecule has 1 aromatic heterocycles. The number of halogens is 1. The zero-order valence-electron chi connectivity index (χ0n) is 19.3. The Morgan fingerprint density at radius 3 is 2.29 bits per heavy atom. The molecule has 0 aliphatic carbocycles. The molecule has 0 atom stereocenters. The summed E-state index contributed by atoms with van der Waals surface area (Å²) in [4.78, 5) is 6.89. The van der Waals surface area contributed by atoms with Crippen LogP contribution in [0.5, 0.6) is 0 Å². The molecule has 8 heteroatoms. The van der Waals surface area contributed by atoms with E-state index in [4.69, 9.17) is 0 Å². The second-order valence-electron chi connectivity index (χ2n) is 9.11. The number of aliphatic imine (C=N–C) groups is 1. The van der Waals surface area contributed by atoms with E-state index >= 15 is 0 Å². The lowest BCUT2D eigenvalue weighted by atomic mass is 9.87. The molecule has 1 aromatic carbocycles. The van der Waals surface area contributed by atoms with E-state index in [9.17, 15) is 0 Å². The van der Waals surface area contributed by atoms with Crippen LogP contribution in [0, 0.1) is 0 Å². The Kier molecular flexibility index (Phi) is 10.1. The van der Waals surface area contributed by atoms with Crippen molar-refractivity contribution in [3.8, 4) is 0 Å². The van der Waals surface area contributed by atoms with E-state index in [-0.39, 0.29) is 29.4 Å². The number of hydrogen-bond donors (Lipinski definition) is 2. The quantitative estimate of drug-likeness (QED) is 0.243. The molecule has 2 N–H and O–H groups in total. The molecule has 2 aromatic rings. The Labute approximate surface area is 204 Å². The molecule has 31 heavy (non-hydrogen) atoms. The van der Waals surface area contributed by atoms with Gasteiger partial charge in [0.25, 0.3) is 0 Å². The van der Waals surface area contributed by atoms with E-state index in [2.05, 4.69) is 75.8 Å². The van der Waals surface area contributed by atoms with Crippen molar-refractivity contribution in [2.75, 3.05) is 31.6 Å². The largest absolute Gasteiger partial charge is 0.371 e. The highest BCUT2D eigenvalue weighted by atomic mass is 127. The summed E-state index contributed by atoms with van der Waals surface area (Å²) >= 11 is 0. The van der Waals surface area contributed by atoms with Gasteiger partial charge in [0.1, 0.15) is 12.7 Å². The van der Waals surface area contributed by atoms with Gasteiger partial charge in [0.2, 0.25) is 0 Å². The van der Waals surface area contributed by atoms with E-state index in [1.807, 2.05) is 11.6 Å². The Morgan fingerprint density at radius 1 is 1.06 bits per heavy atom. The second-order valence-corrected chi connectivity index (χ2v) is 9.11. The standard InChI is InChI=1S/C23H37N7.HI/c1-23(2,3)19-7-9-21(10-8-19)30-15-11-20(12-16-30)28-22(24-4)25-13-5-6-14-29-17-26-27-18-29;/h7-10,17-18,20H,5-6,11-16H2,1-4H3,(H2,24,25,28);1H. The molecular weight excluding hydrogens is 501 g/mol. The number of nitrogens with one attached hydrogen (secondary N) is 2. The molecule has 2 heterocycles. The van der Waals surface area contributed by atoms with Crippen LogP contribution in [0.2, 0.25) is 0 Å². The predicted molar refractivity (Wildman–Crippen MR) is 140 cm³/mol. The van der Waals surface area contributed by atoms with Crippen molar-refractivity contribution in [1.82, 2.24) is 25.4 Å². The van der Waals surface area contributed by atoms with E-state index in [0.29, 0.717) is 6.04 Å². The molecule has 3 rings (SSSR count). The van der Waals surface area contributed by atoms with Crippen LogP contribution >= 0.6 is 24.0 Å². The molecule has 7 nitrogen and oxygen atoms in total. The first-order chi connectivity index (χ1) is 14.5. The monoisotopic (exact) mass is 539 g/mol. The molecule has 172 valence electrons. The normalized spacial score (nSPS) is 15.5. The highest BCUT2D eigenvalue weighted by Crippen LogP contribution is 2.26. The van der Waals surface area contributed by atoms with Gasteiger partial charge in [-0.3, -0.25) is 4.99 Å². The number of hydrogen-bond acceptors (Lipinski definition) is 4. The van der Waals surface area contributed by atoms with Crippen LogP contribution in [0.15, 0.2) is 41.9 Å². The highest BCUT2D eigenvalue weighted by Gasteiger charge is 2.21. The Balaban J connectivity index is 0.00000341. The number of nitrogens with zero attached hydrogens (tertiary/aromatic N) is 5. The van der Waals surface area contributed by atoms with E-state index in [0.717, 1.165) is 57.8 Å². The maximum Gasteiger partial charge on any atom is 0.191 e. The van der Waals surface area contributed by atoms with Gasteiger partial charge in [-0.25, -0.2) is 0 Å². The van der Waals surface area contributed by atoms with Crippen LogP contribution in [0.3, 0.4) is 0 Å². The molecule has 0 unspecified atom stereocenters. The first-order valence-corrected chi connectivity index (χ1v) is 11.1. The van der Waals surface area contributed by atoms with Crippen molar-refractivity contribution in [2.45, 2.75) is 64.5 Å². The third-order valence-corrected chi connectivity index (χ3v) is 5.76. The maximum absolute atomic E-state index is 4.40. The van der Waals surface area contributed by atoms with Gasteiger partial charge in [-0.1, -0.05) is 32.9 Å². The Morgan fingerprint density at radius 2 is 1.71 bits per heavy atom. The Bertz CT molecular complexity index is 773. The number of benzene rings is 1. The van der Waals surface area contributed by atoms with Crippen molar-refractivity contribution >= 4 is 35.6 Å². The third kappa shape index (κ3) is 7.97. The first kappa shape index (κ1) is 25.4. The van der Waals surface area contributed by atoms with Crippen LogP contribution in [0.4, 0.5) is 5.69 Å². The first-order valence-electron chi connectivity index (χ1n) is 11.1. The number of guanidine groups is 1. The summed E-state index contributed by atoms with van der Waals surface area (Å²) < 4.78 is 2.01. The molecule has 0 bridgehead atoms. The summed E-state index contributed by atoms with van der Waals surface area (Å²) in [6, 6.07) is 9.56. The van der Waals surface area contributed by atoms with Crippen molar-refractivity contribution in [3.63, 3.8) is 0 Å². The van der Waals surface area contributed by atoms with Gasteiger partial charge in [0.15, 0.2) is 5.96 Å². The van der Waals surface area contributed by atoms with Crippen LogP contribution < -0.4 is 15.5 Å². The average molecular weight is 540 g/mol. The minimum atomic E-state index is 0. The minimum absolute atomic E-state index is 0. The summed E-state index contributed by atoms with van der Waals surface area (Å²) in [6.07, 6.45) is 7.94. The van der Waals surface area contributed by atoms with Gasteiger partial charge < -0.3 is 20.1 Å². The van der Waals surface area contributed by atoms with Crippen LogP contribution in [-0.2, 0) is 12.0 Å². The lowest BCUT2D eigenvalue weighted by Gasteiger charge is -2.35. The summed E-state index contributed by atoms with van der Waals surface area (Å²) in [5.41, 5.74) is 2.92. The topological polar surface area (TPSA) is 70.4 Å². The summed E-state index contributed by atoms with van der Waals surface area (Å²) in [7, 11) is 1.85. The van der Waals surface area contributed by atoms with Gasteiger partial charge in [0.05, 0.1) is 0 Å². The number of aromatic nitrogens is 3. The van der Waals surface area contributed by atoms with E-state index in [1.54, 1.807) is 12.7 Å². The van der Waals surface area contributed by atoms with Gasteiger partial charge in [-0.2, -0.15) is 0 Å². The van der Waals surface area contributed by atoms with Gasteiger partial charge in [0, 0.05) is 45.0 Å². The molecule has 0 radical (unpaired) electrons. The van der Waals surface area contributed by atoms with Crippen molar-refractivity contribution in [1.29, 1.82) is 0 Å². The number of aryl methyl sites for hydroxylation is 1. The fourth-order valence-electron chi connectivity index (χ4n) is 3.81. The van der Waals surface area contributed by atoms with E-state index in [1.165, 1.54) is 11.3 Å². The number of piperidine rings is 1. The predicted octanol–water partition coefficient (Wildman–Crippen LogP) is 3.81. The van der Waals surface area contributed by atoms with Gasteiger partial charge in [-0.05, 0) is 48.8 Å². The van der Waals surface area contributed by atoms with Gasteiger partial charge >= 0.3 is 0 Å². The fraction of sp³-hybridized carbons (Fsp3) is 0.609. The number of unbranched alkanes of at least 4 members (excludes halogenated alkanes) is 1. The minimum Gasteiger partial charge on any atom is -0.371 e. The molecule has 1 aliphatic rings. The number of rotatable bonds is 7. The SMILES string of the molecule is CN=C(NCCCCn1cnnc1)NC1CCN(c2ccc(C(C)(C)C)cc2)CC1.I. The second kappa shape index (κ2) is 12.3. The zero-order valence-corrected chi connectivity index (χ0v) is 21.7. The smallest absolute Gasteiger partial charge is 0.191 e. The van der Waals surface area contributed by atoms with Crippen LogP contribution in [0.1, 0.15) is 52.0 Å². The van der Waals surface area contributed by atoms with Crippen LogP contribution in [-0.4, -0.2) is 53.4 Å². The van der Waals surface area contributed by atoms with E-state index < -0.39 is 0 Å². The molecule has 0 spiro atoms. The molecular formula is C23H38IN7. The van der Waals surface area contributed by atoms with Crippen LogP contribution in [0.25, 0.3) is 0 Å². The average Bonchev–Trinajstić information content (AvgIpc) is 3.26. The fourth-order valence-corrected chi connectivity index (χ4v) is 3.81.